The number of amides is 1. The van der Waals surface area contributed by atoms with Crippen LogP contribution >= 0.6 is 11.6 Å². The molecule has 0 spiro atoms. The molecule has 3 fully saturated rings. The number of carbonyl (C=O) groups excluding carboxylic acids is 1. The molecular formula is C36H39ClF6N4O5. The molecule has 2 saturated heterocycles. The summed E-state index contributed by atoms with van der Waals surface area (Å²) in [5.74, 6) is -0.764. The third-order valence-corrected chi connectivity index (χ3v) is 10.3. The van der Waals surface area contributed by atoms with Gasteiger partial charge in [0.05, 0.1) is 35.9 Å². The molecular weight excluding hydrogens is 718 g/mol. The molecule has 1 aromatic carbocycles. The second kappa shape index (κ2) is 15.5. The fourth-order valence-electron chi connectivity index (χ4n) is 6.70. The molecule has 2 aliphatic heterocycles. The Bertz CT molecular complexity index is 1760. The van der Waals surface area contributed by atoms with Crippen molar-refractivity contribution >= 4 is 29.6 Å². The normalized spacial score (nSPS) is 23.7. The van der Waals surface area contributed by atoms with Gasteiger partial charge in [-0.3, -0.25) is 9.69 Å². The molecule has 282 valence electrons. The number of aliphatic carboxylic acids is 1. The van der Waals surface area contributed by atoms with Crippen molar-refractivity contribution in [1.82, 2.24) is 14.9 Å². The van der Waals surface area contributed by atoms with Gasteiger partial charge in [0.2, 0.25) is 5.95 Å². The SMILES string of the molecule is C=C(/C=C(\C=C(/C)C(F)(F)F)C(F)(F)F)[C@H]1OC(=O)N(Cc2nc(N3CC(OC)C3)ncc2-c2cc(C3CCC[C@@H](C(=O)O)CC3)ccc2Cl)[C@H]1C. The molecule has 1 amide bonds. The Morgan fingerprint density at radius 3 is 2.44 bits per heavy atom. The lowest BCUT2D eigenvalue weighted by atomic mass is 9.89. The summed E-state index contributed by atoms with van der Waals surface area (Å²) < 4.78 is 91.5. The van der Waals surface area contributed by atoms with Crippen LogP contribution in [-0.4, -0.2) is 82.8 Å². The summed E-state index contributed by atoms with van der Waals surface area (Å²) in [5.41, 5.74) is -1.02. The van der Waals surface area contributed by atoms with E-state index in [1.54, 1.807) is 19.4 Å². The second-order valence-corrected chi connectivity index (χ2v) is 13.9. The first-order valence-corrected chi connectivity index (χ1v) is 17.1. The van der Waals surface area contributed by atoms with Gasteiger partial charge in [0.1, 0.15) is 6.10 Å². The van der Waals surface area contributed by atoms with Gasteiger partial charge in [-0.1, -0.05) is 30.7 Å². The molecule has 1 aromatic heterocycles. The molecule has 52 heavy (non-hydrogen) atoms. The molecule has 1 saturated carbocycles. The largest absolute Gasteiger partial charge is 0.481 e. The van der Waals surface area contributed by atoms with Crippen molar-refractivity contribution in [1.29, 1.82) is 0 Å². The zero-order valence-corrected chi connectivity index (χ0v) is 29.5. The first-order chi connectivity index (χ1) is 24.4. The summed E-state index contributed by atoms with van der Waals surface area (Å²) in [4.78, 5) is 37.4. The van der Waals surface area contributed by atoms with Gasteiger partial charge in [0, 0.05) is 48.1 Å². The molecule has 2 aromatic rings. The average Bonchev–Trinajstić information content (AvgIpc) is 3.19. The molecule has 1 unspecified atom stereocenters. The number of anilines is 1. The smallest absolute Gasteiger partial charge is 0.416 e. The summed E-state index contributed by atoms with van der Waals surface area (Å²) in [5, 5.41) is 9.92. The van der Waals surface area contributed by atoms with Crippen LogP contribution in [0.15, 0.2) is 59.8 Å². The zero-order chi connectivity index (χ0) is 38.1. The van der Waals surface area contributed by atoms with E-state index in [4.69, 9.17) is 26.1 Å². The second-order valence-electron chi connectivity index (χ2n) is 13.4. The molecule has 0 radical (unpaired) electrons. The van der Waals surface area contributed by atoms with E-state index in [1.807, 2.05) is 17.0 Å². The minimum absolute atomic E-state index is 0.0135. The van der Waals surface area contributed by atoms with Crippen molar-refractivity contribution in [2.75, 3.05) is 25.1 Å². The summed E-state index contributed by atoms with van der Waals surface area (Å²) in [6.07, 6.45) is -6.97. The molecule has 3 heterocycles. The molecule has 1 aliphatic carbocycles. The number of carboxylic acids is 1. The Kier molecular flexibility index (Phi) is 11.6. The van der Waals surface area contributed by atoms with Crippen molar-refractivity contribution in [3.8, 4) is 11.1 Å². The quantitative estimate of drug-likeness (QED) is 0.146. The average molecular weight is 757 g/mol. The minimum atomic E-state index is -5.14. The van der Waals surface area contributed by atoms with Gasteiger partial charge in [-0.15, -0.1) is 0 Å². The topological polar surface area (TPSA) is 105 Å². The maximum absolute atomic E-state index is 13.8. The molecule has 0 bridgehead atoms. The number of ether oxygens (including phenoxy) is 2. The number of halogens is 7. The molecule has 16 heteroatoms. The van der Waals surface area contributed by atoms with Gasteiger partial charge in [-0.2, -0.15) is 26.3 Å². The van der Waals surface area contributed by atoms with Crippen molar-refractivity contribution in [3.05, 3.63) is 76.1 Å². The number of alkyl halides is 6. The number of hydrogen-bond donors (Lipinski definition) is 1. The third kappa shape index (κ3) is 8.74. The van der Waals surface area contributed by atoms with Gasteiger partial charge >= 0.3 is 24.4 Å². The van der Waals surface area contributed by atoms with Crippen LogP contribution in [0.25, 0.3) is 11.1 Å². The first kappa shape index (κ1) is 39.1. The van der Waals surface area contributed by atoms with Crippen LogP contribution in [0.2, 0.25) is 5.02 Å². The van der Waals surface area contributed by atoms with Gasteiger partial charge in [-0.05, 0) is 80.9 Å². The molecule has 9 nitrogen and oxygen atoms in total. The molecule has 3 aliphatic rings. The Balaban J connectivity index is 1.47. The number of hydrogen-bond acceptors (Lipinski definition) is 7. The van der Waals surface area contributed by atoms with Gasteiger partial charge < -0.3 is 19.5 Å². The zero-order valence-electron chi connectivity index (χ0n) is 28.7. The standard InChI is InChI=1S/C36H39ClF6N4O5/c1-19(12-25(36(41,42)43)13-20(2)35(38,39)40)31-21(3)47(34(50)52-31)18-30-28(15-44-33(45-30)46-16-26(17-46)51-4)27-14-24(10-11-29(27)37)22-6-5-7-23(9-8-22)32(48)49/h10-15,21-23,26,31H,1,5-9,16-18H2,2-4H3,(H,48,49)/b20-13+,25-12+/t21-,22?,23+,31+/m0/s1. The van der Waals surface area contributed by atoms with Crippen LogP contribution in [-0.2, 0) is 20.8 Å². The summed E-state index contributed by atoms with van der Waals surface area (Å²) in [7, 11) is 1.59. The predicted molar refractivity (Wildman–Crippen MR) is 181 cm³/mol. The van der Waals surface area contributed by atoms with E-state index in [0.717, 1.165) is 18.4 Å². The van der Waals surface area contributed by atoms with E-state index < -0.39 is 53.6 Å². The van der Waals surface area contributed by atoms with E-state index in [-0.39, 0.29) is 30.2 Å². The third-order valence-electron chi connectivity index (χ3n) is 9.95. The Labute approximate surface area is 301 Å². The molecule has 5 rings (SSSR count). The monoisotopic (exact) mass is 756 g/mol. The Hall–Kier alpha value is -4.11. The fourth-order valence-corrected chi connectivity index (χ4v) is 6.92. The molecule has 4 atom stereocenters. The van der Waals surface area contributed by atoms with Crippen LogP contribution in [0, 0.1) is 5.92 Å². The Morgan fingerprint density at radius 1 is 1.10 bits per heavy atom. The van der Waals surface area contributed by atoms with Gasteiger partial charge in [-0.25, -0.2) is 14.8 Å². The lowest BCUT2D eigenvalue weighted by molar-refractivity contribution is -0.142. The maximum atomic E-state index is 13.8. The Morgan fingerprint density at radius 2 is 1.81 bits per heavy atom. The van der Waals surface area contributed by atoms with E-state index in [9.17, 15) is 41.0 Å². The number of carboxylic acid groups (broad SMARTS) is 1. The van der Waals surface area contributed by atoms with Crippen LogP contribution in [0.5, 0.6) is 0 Å². The van der Waals surface area contributed by atoms with Crippen LogP contribution in [0.3, 0.4) is 0 Å². The number of benzene rings is 1. The number of aromatic nitrogens is 2. The van der Waals surface area contributed by atoms with E-state index in [0.29, 0.717) is 73.1 Å². The fraction of sp³-hybridized carbons (Fsp3) is 0.500. The van der Waals surface area contributed by atoms with Gasteiger partial charge in [0.25, 0.3) is 0 Å². The highest BCUT2D eigenvalue weighted by atomic mass is 35.5. The molecule has 1 N–H and O–H groups in total. The first-order valence-electron chi connectivity index (χ1n) is 16.7. The van der Waals surface area contributed by atoms with E-state index in [2.05, 4.69) is 11.6 Å². The highest BCUT2D eigenvalue weighted by molar-refractivity contribution is 6.33. The summed E-state index contributed by atoms with van der Waals surface area (Å²) in [6.45, 7) is 6.54. The predicted octanol–water partition coefficient (Wildman–Crippen LogP) is 8.64. The number of carbonyl (C=O) groups is 2. The van der Waals surface area contributed by atoms with E-state index in [1.165, 1.54) is 11.8 Å². The van der Waals surface area contributed by atoms with Crippen LogP contribution in [0.1, 0.15) is 63.1 Å². The van der Waals surface area contributed by atoms with Crippen molar-refractivity contribution < 1.29 is 50.5 Å². The lowest BCUT2D eigenvalue weighted by Crippen LogP contribution is -2.52. The van der Waals surface area contributed by atoms with E-state index >= 15 is 0 Å². The number of nitrogens with zero attached hydrogens (tertiary/aromatic N) is 4. The highest BCUT2D eigenvalue weighted by Gasteiger charge is 2.42. The van der Waals surface area contributed by atoms with Crippen LogP contribution in [0.4, 0.5) is 37.1 Å². The summed E-state index contributed by atoms with van der Waals surface area (Å²) >= 11 is 6.75. The number of methoxy groups -OCH3 is 1. The maximum Gasteiger partial charge on any atom is 0.416 e. The summed E-state index contributed by atoms with van der Waals surface area (Å²) in [6, 6.07) is 4.66. The van der Waals surface area contributed by atoms with Crippen LogP contribution < -0.4 is 4.90 Å². The highest BCUT2D eigenvalue weighted by Crippen LogP contribution is 2.40. The van der Waals surface area contributed by atoms with Crippen molar-refractivity contribution in [3.63, 3.8) is 0 Å². The van der Waals surface area contributed by atoms with Gasteiger partial charge in [0.15, 0.2) is 0 Å². The number of rotatable bonds is 10. The lowest BCUT2D eigenvalue weighted by Gasteiger charge is -2.38. The number of cyclic esters (lactones) is 1. The number of allylic oxidation sites excluding steroid dienone is 3. The van der Waals surface area contributed by atoms with Crippen molar-refractivity contribution in [2.24, 2.45) is 5.92 Å². The minimum Gasteiger partial charge on any atom is -0.481 e. The van der Waals surface area contributed by atoms with Crippen molar-refractivity contribution in [2.45, 2.75) is 89.0 Å².